The van der Waals surface area contributed by atoms with E-state index in [0.717, 1.165) is 22.9 Å². The van der Waals surface area contributed by atoms with E-state index in [-0.39, 0.29) is 5.91 Å². The van der Waals surface area contributed by atoms with Gasteiger partial charge in [-0.05, 0) is 33.2 Å². The van der Waals surface area contributed by atoms with E-state index in [0.29, 0.717) is 18.3 Å². The van der Waals surface area contributed by atoms with E-state index in [4.69, 9.17) is 0 Å². The molecule has 2 rings (SSSR count). The van der Waals surface area contributed by atoms with Crippen molar-refractivity contribution in [2.24, 2.45) is 0 Å². The molecule has 16 heavy (non-hydrogen) atoms. The van der Waals surface area contributed by atoms with Crippen molar-refractivity contribution in [1.29, 1.82) is 0 Å². The maximum absolute atomic E-state index is 11.7. The number of hydrogen-bond donors (Lipinski definition) is 2. The Hall–Kier alpha value is -0.940. The Labute approximate surface area is 99.5 Å². The van der Waals surface area contributed by atoms with Gasteiger partial charge in [0.25, 0.3) is 5.91 Å². The largest absolute Gasteiger partial charge is 0.351 e. The fourth-order valence-electron chi connectivity index (χ4n) is 1.92. The fourth-order valence-corrected chi connectivity index (χ4v) is 2.95. The second kappa shape index (κ2) is 4.93. The Balaban J connectivity index is 2.17. The van der Waals surface area contributed by atoms with Crippen LogP contribution >= 0.6 is 11.3 Å². The van der Waals surface area contributed by atoms with Crippen molar-refractivity contribution in [2.45, 2.75) is 32.7 Å². The van der Waals surface area contributed by atoms with Crippen molar-refractivity contribution in [1.82, 2.24) is 15.6 Å². The minimum atomic E-state index is -0.0551. The molecule has 88 valence electrons. The molecule has 1 fully saturated rings. The number of aryl methyl sites for hydroxylation is 1. The normalized spacial score (nSPS) is 20.0. The van der Waals surface area contributed by atoms with Crippen LogP contribution in [-0.2, 0) is 0 Å². The molecule has 1 aliphatic heterocycles. The number of amides is 1. The van der Waals surface area contributed by atoms with Gasteiger partial charge in [-0.2, -0.15) is 0 Å². The summed E-state index contributed by atoms with van der Waals surface area (Å²) >= 11 is 1.63. The lowest BCUT2D eigenvalue weighted by Gasteiger charge is -2.04. The molecule has 5 heteroatoms. The molecule has 0 spiro atoms. The van der Waals surface area contributed by atoms with Gasteiger partial charge < -0.3 is 10.6 Å². The molecule has 1 atom stereocenters. The van der Waals surface area contributed by atoms with Crippen LogP contribution in [-0.4, -0.2) is 24.0 Å². The predicted molar refractivity (Wildman–Crippen MR) is 64.8 cm³/mol. The first kappa shape index (κ1) is 11.5. The molecule has 1 unspecified atom stereocenters. The summed E-state index contributed by atoms with van der Waals surface area (Å²) < 4.78 is 0. The van der Waals surface area contributed by atoms with Crippen molar-refractivity contribution in [2.75, 3.05) is 13.1 Å². The number of carbonyl (C=O) groups is 1. The first-order valence-electron chi connectivity index (χ1n) is 5.71. The van der Waals surface area contributed by atoms with Crippen molar-refractivity contribution in [3.05, 3.63) is 15.6 Å². The van der Waals surface area contributed by atoms with E-state index in [9.17, 15) is 4.79 Å². The van der Waals surface area contributed by atoms with E-state index in [1.807, 2.05) is 13.8 Å². The Morgan fingerprint density at radius 3 is 3.12 bits per heavy atom. The summed E-state index contributed by atoms with van der Waals surface area (Å²) in [4.78, 5) is 17.2. The van der Waals surface area contributed by atoms with Crippen LogP contribution < -0.4 is 10.6 Å². The number of carbonyl (C=O) groups excluding carboxylic acids is 1. The van der Waals surface area contributed by atoms with Gasteiger partial charge in [0.05, 0.1) is 6.04 Å². The molecule has 0 aliphatic carbocycles. The monoisotopic (exact) mass is 239 g/mol. The third-order valence-corrected chi connectivity index (χ3v) is 3.81. The van der Waals surface area contributed by atoms with Crippen LogP contribution in [0.3, 0.4) is 0 Å². The van der Waals surface area contributed by atoms with Crippen molar-refractivity contribution in [3.8, 4) is 0 Å². The molecule has 1 amide bonds. The highest BCUT2D eigenvalue weighted by Crippen LogP contribution is 2.28. The van der Waals surface area contributed by atoms with Gasteiger partial charge in [-0.1, -0.05) is 0 Å². The lowest BCUT2D eigenvalue weighted by Crippen LogP contribution is -2.24. The van der Waals surface area contributed by atoms with Gasteiger partial charge in [0.2, 0.25) is 0 Å². The highest BCUT2D eigenvalue weighted by molar-refractivity contribution is 7.12. The number of nitrogens with one attached hydrogen (secondary N) is 2. The topological polar surface area (TPSA) is 54.0 Å². The molecule has 2 heterocycles. The molecule has 4 nitrogen and oxygen atoms in total. The van der Waals surface area contributed by atoms with Gasteiger partial charge in [0.15, 0.2) is 0 Å². The summed E-state index contributed by atoms with van der Waals surface area (Å²) in [5.41, 5.74) is 0.593. The average Bonchev–Trinajstić information content (AvgIpc) is 2.86. The highest BCUT2D eigenvalue weighted by Gasteiger charge is 2.22. The standard InChI is InChI=1S/C11H17N3OS/c1-3-12-10(15)9-7(2)16-11(14-9)8-5-4-6-13-8/h8,13H,3-6H2,1-2H3,(H,12,15). The van der Waals surface area contributed by atoms with Crippen molar-refractivity contribution >= 4 is 17.2 Å². The minimum Gasteiger partial charge on any atom is -0.351 e. The quantitative estimate of drug-likeness (QED) is 0.843. The Kier molecular flexibility index (Phi) is 3.56. The summed E-state index contributed by atoms with van der Waals surface area (Å²) in [6, 6.07) is 0.354. The second-order valence-corrected chi connectivity index (χ2v) is 5.20. The van der Waals surface area contributed by atoms with Gasteiger partial charge in [-0.15, -0.1) is 11.3 Å². The van der Waals surface area contributed by atoms with Crippen molar-refractivity contribution < 1.29 is 4.79 Å². The zero-order chi connectivity index (χ0) is 11.5. The minimum absolute atomic E-state index is 0.0551. The van der Waals surface area contributed by atoms with E-state index >= 15 is 0 Å². The second-order valence-electron chi connectivity index (χ2n) is 3.97. The summed E-state index contributed by atoms with van der Waals surface area (Å²) in [5.74, 6) is -0.0551. The van der Waals surface area contributed by atoms with E-state index in [1.165, 1.54) is 6.42 Å². The predicted octanol–water partition coefficient (Wildman–Crippen LogP) is 1.63. The fraction of sp³-hybridized carbons (Fsp3) is 0.636. The Bertz CT molecular complexity index is 383. The van der Waals surface area contributed by atoms with E-state index < -0.39 is 0 Å². The molecule has 1 aromatic heterocycles. The number of aromatic nitrogens is 1. The van der Waals surface area contributed by atoms with Crippen LogP contribution in [0, 0.1) is 6.92 Å². The van der Waals surface area contributed by atoms with Gasteiger partial charge in [-0.3, -0.25) is 4.79 Å². The molecule has 0 bridgehead atoms. The molecule has 0 radical (unpaired) electrons. The zero-order valence-corrected chi connectivity index (χ0v) is 10.5. The van der Waals surface area contributed by atoms with Crippen LogP contribution in [0.15, 0.2) is 0 Å². The first-order valence-corrected chi connectivity index (χ1v) is 6.53. The molecule has 1 aromatic rings. The first-order chi connectivity index (χ1) is 7.72. The van der Waals surface area contributed by atoms with Crippen LogP contribution in [0.2, 0.25) is 0 Å². The van der Waals surface area contributed by atoms with Crippen LogP contribution in [0.4, 0.5) is 0 Å². The summed E-state index contributed by atoms with van der Waals surface area (Å²) in [6.45, 7) is 5.58. The van der Waals surface area contributed by atoms with Gasteiger partial charge in [0.1, 0.15) is 10.7 Å². The van der Waals surface area contributed by atoms with Gasteiger partial charge in [0, 0.05) is 11.4 Å². The number of nitrogens with zero attached hydrogens (tertiary/aromatic N) is 1. The number of thiazole rings is 1. The third kappa shape index (κ3) is 2.25. The number of rotatable bonds is 3. The highest BCUT2D eigenvalue weighted by atomic mass is 32.1. The molecular formula is C11H17N3OS. The SMILES string of the molecule is CCNC(=O)c1nc(C2CCCN2)sc1C. The molecule has 1 aliphatic rings. The Morgan fingerprint density at radius 2 is 2.50 bits per heavy atom. The van der Waals surface area contributed by atoms with Crippen molar-refractivity contribution in [3.63, 3.8) is 0 Å². The van der Waals surface area contributed by atoms with Gasteiger partial charge >= 0.3 is 0 Å². The zero-order valence-electron chi connectivity index (χ0n) is 9.67. The third-order valence-electron chi connectivity index (χ3n) is 2.72. The molecule has 1 saturated heterocycles. The summed E-state index contributed by atoms with van der Waals surface area (Å²) in [7, 11) is 0. The van der Waals surface area contributed by atoms with Crippen LogP contribution in [0.1, 0.15) is 46.2 Å². The molecule has 0 saturated carbocycles. The lowest BCUT2D eigenvalue weighted by atomic mass is 10.2. The summed E-state index contributed by atoms with van der Waals surface area (Å²) in [5, 5.41) is 7.24. The molecule has 0 aromatic carbocycles. The van der Waals surface area contributed by atoms with Gasteiger partial charge in [-0.25, -0.2) is 4.98 Å². The maximum atomic E-state index is 11.7. The van der Waals surface area contributed by atoms with Crippen LogP contribution in [0.25, 0.3) is 0 Å². The average molecular weight is 239 g/mol. The Morgan fingerprint density at radius 1 is 1.69 bits per heavy atom. The smallest absolute Gasteiger partial charge is 0.271 e. The molecular weight excluding hydrogens is 222 g/mol. The molecule has 2 N–H and O–H groups in total. The lowest BCUT2D eigenvalue weighted by molar-refractivity contribution is 0.0950. The van der Waals surface area contributed by atoms with E-state index in [2.05, 4.69) is 15.6 Å². The van der Waals surface area contributed by atoms with E-state index in [1.54, 1.807) is 11.3 Å². The number of hydrogen-bond acceptors (Lipinski definition) is 4. The van der Waals surface area contributed by atoms with Crippen LogP contribution in [0.5, 0.6) is 0 Å². The maximum Gasteiger partial charge on any atom is 0.271 e. The summed E-state index contributed by atoms with van der Waals surface area (Å²) in [6.07, 6.45) is 2.32.